The molecule has 66 heavy (non-hydrogen) atoms. The zero-order valence-corrected chi connectivity index (χ0v) is 43.3. The van der Waals surface area contributed by atoms with Gasteiger partial charge in [0.1, 0.15) is 0 Å². The van der Waals surface area contributed by atoms with E-state index in [2.05, 4.69) is 245 Å². The van der Waals surface area contributed by atoms with E-state index in [0.29, 0.717) is 0 Å². The molecule has 2 radical (unpaired) electrons. The van der Waals surface area contributed by atoms with Gasteiger partial charge in [-0.1, -0.05) is 233 Å². The number of halogens is 2. The standard InChI is InChI=1S/2C30H25.C2H6Si.2ClH.Zr/c2*1-2-11-22-20-25-18-19-27(24-14-7-4-8-15-24)30(29(25)21-22)28-17-10-9-16-26(28)23-12-5-3-6-13-23;1-3-2;;;/h2*3-10,12-21H,2,11H2,1H3;1-2H3;2*1H;/q2*-1;;;;+4/p-2. The Balaban J connectivity index is 0.000000176. The van der Waals surface area contributed by atoms with Crippen LogP contribution in [0.15, 0.2) is 218 Å². The van der Waals surface area contributed by atoms with E-state index < -0.39 is 20.8 Å². The molecular weight excluding hydrogens is 935 g/mol. The van der Waals surface area contributed by atoms with Gasteiger partial charge in [0.15, 0.2) is 0 Å². The van der Waals surface area contributed by atoms with Crippen LogP contribution in [0.4, 0.5) is 0 Å². The van der Waals surface area contributed by atoms with Crippen molar-refractivity contribution in [1.82, 2.24) is 0 Å². The molecular formula is C62H56Cl2SiZr. The quantitative estimate of drug-likeness (QED) is 0.0946. The van der Waals surface area contributed by atoms with Gasteiger partial charge in [0.05, 0.1) is 0 Å². The fraction of sp³-hybridized carbons (Fsp3) is 0.129. The molecule has 0 unspecified atom stereocenters. The third-order valence-corrected chi connectivity index (χ3v) is 11.7. The summed E-state index contributed by atoms with van der Waals surface area (Å²) in [6, 6.07) is 79.3. The van der Waals surface area contributed by atoms with E-state index in [1.54, 1.807) is 0 Å². The summed E-state index contributed by atoms with van der Waals surface area (Å²) < 4.78 is 0. The molecule has 0 atom stereocenters. The van der Waals surface area contributed by atoms with Crippen molar-refractivity contribution >= 4 is 48.1 Å². The second-order valence-corrected chi connectivity index (χ2v) is 21.1. The number of fused-ring (bicyclic) bond motifs is 2. The normalized spacial score (nSPS) is 10.5. The summed E-state index contributed by atoms with van der Waals surface area (Å²) >= 11 is -0.826. The van der Waals surface area contributed by atoms with Crippen molar-refractivity contribution in [3.63, 3.8) is 0 Å². The summed E-state index contributed by atoms with van der Waals surface area (Å²) in [6.45, 7) is 8.80. The first-order chi connectivity index (χ1) is 32.5. The molecule has 4 heteroatoms. The van der Waals surface area contributed by atoms with Crippen LogP contribution in [0, 0.1) is 0 Å². The van der Waals surface area contributed by atoms with Gasteiger partial charge in [0.25, 0.3) is 0 Å². The average Bonchev–Trinajstić information content (AvgIpc) is 3.99. The molecule has 10 aromatic rings. The molecule has 0 saturated carbocycles. The fourth-order valence-electron chi connectivity index (χ4n) is 8.99. The minimum atomic E-state index is -0.826. The average molecular weight is 991 g/mol. The van der Waals surface area contributed by atoms with Crippen LogP contribution in [0.1, 0.15) is 37.8 Å². The van der Waals surface area contributed by atoms with Crippen LogP contribution in [0.5, 0.6) is 0 Å². The molecule has 0 aromatic heterocycles. The third kappa shape index (κ3) is 11.8. The summed E-state index contributed by atoms with van der Waals surface area (Å²) in [6.07, 6.45) is 4.57. The Bertz CT molecular complexity index is 2820. The van der Waals surface area contributed by atoms with Crippen LogP contribution in [0.3, 0.4) is 0 Å². The molecule has 0 N–H and O–H groups in total. The molecule has 0 aliphatic carbocycles. The Hall–Kier alpha value is -5.34. The summed E-state index contributed by atoms with van der Waals surface area (Å²) in [4.78, 5) is 0. The maximum absolute atomic E-state index is 4.93. The van der Waals surface area contributed by atoms with Crippen LogP contribution in [-0.4, -0.2) is 9.52 Å². The van der Waals surface area contributed by atoms with Crippen molar-refractivity contribution in [2.75, 3.05) is 0 Å². The predicted octanol–water partition coefficient (Wildman–Crippen LogP) is 19.2. The van der Waals surface area contributed by atoms with E-state index in [1.807, 2.05) is 0 Å². The van der Waals surface area contributed by atoms with Crippen LogP contribution in [0.25, 0.3) is 88.3 Å². The molecule has 0 fully saturated rings. The van der Waals surface area contributed by atoms with Gasteiger partial charge < -0.3 is 0 Å². The number of rotatable bonds is 10. The minimum absolute atomic E-state index is 0.826. The zero-order chi connectivity index (χ0) is 46.1. The summed E-state index contributed by atoms with van der Waals surface area (Å²) in [5.74, 6) is 0. The predicted molar refractivity (Wildman–Crippen MR) is 289 cm³/mol. The molecule has 0 amide bonds. The first-order valence-electron chi connectivity index (χ1n) is 22.9. The Kier molecular flexibility index (Phi) is 18.4. The van der Waals surface area contributed by atoms with E-state index >= 15 is 0 Å². The Labute approximate surface area is 414 Å². The molecule has 0 aliphatic rings. The van der Waals surface area contributed by atoms with Crippen molar-refractivity contribution in [2.24, 2.45) is 0 Å². The number of aryl methyl sites for hydroxylation is 2. The third-order valence-electron chi connectivity index (χ3n) is 11.7. The van der Waals surface area contributed by atoms with Crippen molar-refractivity contribution in [3.8, 4) is 66.8 Å². The van der Waals surface area contributed by atoms with E-state index in [1.165, 1.54) is 99.4 Å². The van der Waals surface area contributed by atoms with E-state index in [9.17, 15) is 0 Å². The monoisotopic (exact) mass is 988 g/mol. The first kappa shape index (κ1) is 48.6. The summed E-state index contributed by atoms with van der Waals surface area (Å²) in [5, 5.41) is 5.36. The summed E-state index contributed by atoms with van der Waals surface area (Å²) in [5.41, 5.74) is 18.3. The summed E-state index contributed by atoms with van der Waals surface area (Å²) in [7, 11) is 11.0. The Morgan fingerprint density at radius 1 is 0.379 bits per heavy atom. The van der Waals surface area contributed by atoms with Gasteiger partial charge in [-0.3, -0.25) is 0 Å². The number of benzene rings is 8. The number of hydrogen-bond donors (Lipinski definition) is 0. The van der Waals surface area contributed by atoms with Gasteiger partial charge in [-0.2, -0.15) is 12.1 Å². The molecule has 0 nitrogen and oxygen atoms in total. The van der Waals surface area contributed by atoms with Gasteiger partial charge >= 0.3 is 37.9 Å². The van der Waals surface area contributed by atoms with Crippen LogP contribution >= 0.6 is 17.0 Å². The van der Waals surface area contributed by atoms with Crippen LogP contribution in [-0.2, 0) is 33.7 Å². The number of hydrogen-bond acceptors (Lipinski definition) is 0. The van der Waals surface area contributed by atoms with Gasteiger partial charge in [-0.15, -0.1) is 56.9 Å². The Morgan fingerprint density at radius 3 is 0.955 bits per heavy atom. The van der Waals surface area contributed by atoms with Gasteiger partial charge in [-0.25, -0.2) is 0 Å². The molecule has 0 aliphatic heterocycles. The van der Waals surface area contributed by atoms with Crippen molar-refractivity contribution in [1.29, 1.82) is 0 Å². The molecule has 326 valence electrons. The van der Waals surface area contributed by atoms with Gasteiger partial charge in [0, 0.05) is 9.52 Å². The van der Waals surface area contributed by atoms with E-state index in [-0.39, 0.29) is 0 Å². The molecule has 10 rings (SSSR count). The van der Waals surface area contributed by atoms with Crippen LogP contribution in [0.2, 0.25) is 13.1 Å². The topological polar surface area (TPSA) is 0 Å². The van der Waals surface area contributed by atoms with Crippen LogP contribution < -0.4 is 0 Å². The molecule has 0 spiro atoms. The Morgan fingerprint density at radius 2 is 0.652 bits per heavy atom. The molecule has 0 heterocycles. The van der Waals surface area contributed by atoms with Crippen molar-refractivity contribution < 1.29 is 20.8 Å². The second-order valence-electron chi connectivity index (χ2n) is 16.3. The van der Waals surface area contributed by atoms with E-state index in [0.717, 1.165) is 35.2 Å². The molecule has 0 saturated heterocycles. The second kappa shape index (κ2) is 25.0. The maximum atomic E-state index is 4.93. The molecule has 10 aromatic carbocycles. The molecule has 0 bridgehead atoms. The fourth-order valence-corrected chi connectivity index (χ4v) is 8.99. The van der Waals surface area contributed by atoms with Crippen molar-refractivity contribution in [2.45, 2.75) is 52.6 Å². The van der Waals surface area contributed by atoms with Crippen molar-refractivity contribution in [3.05, 3.63) is 230 Å². The van der Waals surface area contributed by atoms with Gasteiger partial charge in [0.2, 0.25) is 0 Å². The first-order valence-corrected chi connectivity index (χ1v) is 31.3. The van der Waals surface area contributed by atoms with Gasteiger partial charge in [-0.05, 0) is 68.5 Å². The zero-order valence-electron chi connectivity index (χ0n) is 38.4. The van der Waals surface area contributed by atoms with E-state index in [4.69, 9.17) is 17.0 Å². The SMILES string of the molecule is CCCc1cc2c(-c3ccccc3-c3ccccc3)c(-c3ccccc3)ccc2[cH-]1.CCCc1cc2c(-c3ccccc3-c3ccccc3)c(-c3ccccc3)ccc2[cH-]1.C[Si]C.[Cl][Zr+2][Cl].